The van der Waals surface area contributed by atoms with Crippen molar-refractivity contribution in [3.05, 3.63) is 41.1 Å². The van der Waals surface area contributed by atoms with E-state index in [0.717, 1.165) is 30.8 Å². The third-order valence-electron chi connectivity index (χ3n) is 6.70. The molecule has 1 aliphatic carbocycles. The molecule has 1 aromatic heterocycles. The Morgan fingerprint density at radius 2 is 2.15 bits per heavy atom. The van der Waals surface area contributed by atoms with Gasteiger partial charge in [0.2, 0.25) is 0 Å². The first-order valence-corrected chi connectivity index (χ1v) is 9.32. The number of esters is 1. The van der Waals surface area contributed by atoms with Crippen LogP contribution in [0, 0.1) is 11.8 Å². The molecule has 5 atom stereocenters. The van der Waals surface area contributed by atoms with E-state index in [2.05, 4.69) is 35.0 Å². The van der Waals surface area contributed by atoms with Gasteiger partial charge in [-0.3, -0.25) is 9.69 Å². The molecule has 3 saturated heterocycles. The second-order valence-electron chi connectivity index (χ2n) is 7.67. The number of nitrogens with one attached hydrogen (secondary N) is 1. The molecule has 0 spiro atoms. The topological polar surface area (TPSA) is 54.6 Å². The lowest BCUT2D eigenvalue weighted by molar-refractivity contribution is -0.147. The molecular formula is C21H24N2O3. The van der Waals surface area contributed by atoms with Gasteiger partial charge >= 0.3 is 5.97 Å². The molecule has 5 unspecified atom stereocenters. The third kappa shape index (κ3) is 1.98. The number of benzene rings is 1. The molecule has 5 heterocycles. The van der Waals surface area contributed by atoms with Crippen molar-refractivity contribution in [2.45, 2.75) is 25.3 Å². The summed E-state index contributed by atoms with van der Waals surface area (Å²) in [4.78, 5) is 19.0. The zero-order valence-electron chi connectivity index (χ0n) is 15.4. The number of methoxy groups -OCH3 is 2. The van der Waals surface area contributed by atoms with Crippen LogP contribution >= 0.6 is 0 Å². The zero-order valence-corrected chi connectivity index (χ0v) is 15.4. The molecule has 0 amide bonds. The Bertz CT molecular complexity index is 929. The number of nitrogens with zero attached hydrogens (tertiary/aromatic N) is 1. The van der Waals surface area contributed by atoms with Crippen molar-refractivity contribution in [2.24, 2.45) is 11.8 Å². The van der Waals surface area contributed by atoms with Crippen LogP contribution in [0.15, 0.2) is 29.8 Å². The maximum Gasteiger partial charge on any atom is 0.309 e. The highest BCUT2D eigenvalue weighted by Crippen LogP contribution is 2.56. The van der Waals surface area contributed by atoms with E-state index in [1.807, 2.05) is 6.07 Å². The van der Waals surface area contributed by atoms with Crippen LogP contribution in [0.25, 0.3) is 10.9 Å². The average molecular weight is 352 g/mol. The number of carbonyl (C=O) groups excluding carboxylic acids is 1. The SMILES string of the molecule is CC=C1CN2CC3c4c([nH]c5ccc(OC)cc45)C2CC1C3C(=O)OC. The van der Waals surface area contributed by atoms with E-state index in [1.165, 1.54) is 29.3 Å². The number of hydrogen-bond donors (Lipinski definition) is 1. The Morgan fingerprint density at radius 1 is 1.31 bits per heavy atom. The lowest BCUT2D eigenvalue weighted by Crippen LogP contribution is -2.39. The molecule has 5 heteroatoms. The summed E-state index contributed by atoms with van der Waals surface area (Å²) in [5.41, 5.74) is 5.10. The van der Waals surface area contributed by atoms with Crippen LogP contribution in [0.2, 0.25) is 0 Å². The van der Waals surface area contributed by atoms with E-state index in [0.29, 0.717) is 6.04 Å². The van der Waals surface area contributed by atoms with Crippen molar-refractivity contribution in [1.82, 2.24) is 9.88 Å². The van der Waals surface area contributed by atoms with E-state index in [-0.39, 0.29) is 23.7 Å². The second kappa shape index (κ2) is 5.61. The highest BCUT2D eigenvalue weighted by atomic mass is 16.5. The van der Waals surface area contributed by atoms with Crippen LogP contribution in [0.5, 0.6) is 5.75 Å². The van der Waals surface area contributed by atoms with Crippen molar-refractivity contribution in [2.75, 3.05) is 27.3 Å². The third-order valence-corrected chi connectivity index (χ3v) is 6.70. The summed E-state index contributed by atoms with van der Waals surface area (Å²) in [6, 6.07) is 6.53. The van der Waals surface area contributed by atoms with Gasteiger partial charge in [-0.2, -0.15) is 0 Å². The van der Waals surface area contributed by atoms with E-state index in [9.17, 15) is 4.79 Å². The van der Waals surface area contributed by atoms with E-state index in [1.54, 1.807) is 7.11 Å². The van der Waals surface area contributed by atoms with E-state index in [4.69, 9.17) is 9.47 Å². The van der Waals surface area contributed by atoms with E-state index < -0.39 is 0 Å². The molecule has 1 N–H and O–H groups in total. The summed E-state index contributed by atoms with van der Waals surface area (Å²) in [5.74, 6) is 1.08. The van der Waals surface area contributed by atoms with Crippen molar-refractivity contribution < 1.29 is 14.3 Å². The lowest BCUT2D eigenvalue weighted by Gasteiger charge is -2.39. The summed E-state index contributed by atoms with van der Waals surface area (Å²) < 4.78 is 10.7. The van der Waals surface area contributed by atoms with Crippen LogP contribution in [0.4, 0.5) is 0 Å². The summed E-state index contributed by atoms with van der Waals surface area (Å²) in [6.45, 7) is 3.95. The predicted molar refractivity (Wildman–Crippen MR) is 99.3 cm³/mol. The van der Waals surface area contributed by atoms with Gasteiger partial charge in [-0.1, -0.05) is 11.6 Å². The van der Waals surface area contributed by atoms with Crippen LogP contribution in [0.3, 0.4) is 0 Å². The Balaban J connectivity index is 1.76. The van der Waals surface area contributed by atoms with E-state index >= 15 is 0 Å². The highest BCUT2D eigenvalue weighted by molar-refractivity contribution is 5.89. The van der Waals surface area contributed by atoms with Crippen molar-refractivity contribution in [3.63, 3.8) is 0 Å². The fourth-order valence-corrected chi connectivity index (χ4v) is 5.56. The number of carbonyl (C=O) groups is 1. The summed E-state index contributed by atoms with van der Waals surface area (Å²) in [6.07, 6.45) is 3.18. The quantitative estimate of drug-likeness (QED) is 0.665. The smallest absolute Gasteiger partial charge is 0.309 e. The van der Waals surface area contributed by atoms with Gasteiger partial charge in [0, 0.05) is 35.6 Å². The van der Waals surface area contributed by atoms with Crippen LogP contribution in [0.1, 0.15) is 36.6 Å². The number of piperidine rings is 1. The first-order valence-electron chi connectivity index (χ1n) is 9.32. The largest absolute Gasteiger partial charge is 0.497 e. The van der Waals surface area contributed by atoms with Crippen LogP contribution < -0.4 is 4.74 Å². The number of fused-ring (bicyclic) bond motifs is 2. The molecule has 136 valence electrons. The second-order valence-corrected chi connectivity index (χ2v) is 7.67. The first kappa shape index (κ1) is 15.9. The monoisotopic (exact) mass is 352 g/mol. The maximum atomic E-state index is 12.8. The molecule has 5 nitrogen and oxygen atoms in total. The van der Waals surface area contributed by atoms with Crippen molar-refractivity contribution in [3.8, 4) is 5.75 Å². The number of rotatable bonds is 2. The number of H-pyrrole nitrogens is 1. The highest BCUT2D eigenvalue weighted by Gasteiger charge is 2.53. The summed E-state index contributed by atoms with van der Waals surface area (Å²) in [5, 5.41) is 1.19. The molecule has 26 heavy (non-hydrogen) atoms. The number of hydrogen-bond acceptors (Lipinski definition) is 4. The minimum atomic E-state index is -0.118. The average Bonchev–Trinajstić information content (AvgIpc) is 2.83. The van der Waals surface area contributed by atoms with Gasteiger partial charge in [0.1, 0.15) is 5.75 Å². The molecule has 4 bridgehead atoms. The Labute approximate surface area is 153 Å². The molecule has 2 aromatic rings. The van der Waals surface area contributed by atoms with Gasteiger partial charge in [-0.05, 0) is 43.0 Å². The molecular weight excluding hydrogens is 328 g/mol. The number of ether oxygens (including phenoxy) is 2. The molecule has 4 aliphatic heterocycles. The van der Waals surface area contributed by atoms with Gasteiger partial charge < -0.3 is 14.5 Å². The number of aromatic nitrogens is 1. The molecule has 0 radical (unpaired) electrons. The van der Waals surface area contributed by atoms with Gasteiger partial charge in [0.25, 0.3) is 0 Å². The molecule has 0 saturated carbocycles. The van der Waals surface area contributed by atoms with Gasteiger partial charge in [0.05, 0.1) is 26.2 Å². The first-order chi connectivity index (χ1) is 12.7. The Kier molecular flexibility index (Phi) is 3.44. The maximum absolute atomic E-state index is 12.8. The fraction of sp³-hybridized carbons (Fsp3) is 0.476. The normalized spacial score (nSPS) is 33.3. The standard InChI is InChI=1S/C21H24N2O3/c1-4-11-9-23-10-15-18-14-7-12(25-2)5-6-16(14)22-20(18)17(23)8-13(11)19(15)21(24)26-3/h4-7,13,15,17,19,22H,8-10H2,1-3H3. The minimum absolute atomic E-state index is 0.0769. The molecule has 3 fully saturated rings. The van der Waals surface area contributed by atoms with Gasteiger partial charge in [-0.25, -0.2) is 0 Å². The van der Waals surface area contributed by atoms with Crippen molar-refractivity contribution in [1.29, 1.82) is 0 Å². The van der Waals surface area contributed by atoms with Gasteiger partial charge in [-0.15, -0.1) is 0 Å². The minimum Gasteiger partial charge on any atom is -0.497 e. The number of allylic oxidation sites excluding steroid dienone is 1. The zero-order chi connectivity index (χ0) is 18.0. The molecule has 7 rings (SSSR count). The van der Waals surface area contributed by atoms with Gasteiger partial charge in [0.15, 0.2) is 0 Å². The molecule has 5 aliphatic rings. The Morgan fingerprint density at radius 3 is 2.88 bits per heavy atom. The fourth-order valence-electron chi connectivity index (χ4n) is 5.56. The lowest BCUT2D eigenvalue weighted by atomic mass is 9.76. The van der Waals surface area contributed by atoms with Crippen LogP contribution in [-0.2, 0) is 9.53 Å². The summed E-state index contributed by atoms with van der Waals surface area (Å²) >= 11 is 0. The Hall–Kier alpha value is -2.27. The van der Waals surface area contributed by atoms with Crippen LogP contribution in [-0.4, -0.2) is 43.2 Å². The predicted octanol–water partition coefficient (Wildman–Crippen LogP) is 3.39. The number of aromatic amines is 1. The summed E-state index contributed by atoms with van der Waals surface area (Å²) in [7, 11) is 3.21. The van der Waals surface area contributed by atoms with Crippen molar-refractivity contribution >= 4 is 16.9 Å². The molecule has 1 aromatic carbocycles.